The van der Waals surface area contributed by atoms with Crippen LogP contribution in [0.1, 0.15) is 303 Å². The van der Waals surface area contributed by atoms with E-state index in [-0.39, 0.29) is 25.2 Å². The molecule has 1 atom stereocenters. The second-order valence-corrected chi connectivity index (χ2v) is 19.9. The lowest BCUT2D eigenvalue weighted by Gasteiger charge is -2.18. The van der Waals surface area contributed by atoms with Crippen LogP contribution in [0.3, 0.4) is 0 Å². The van der Waals surface area contributed by atoms with Gasteiger partial charge in [0.05, 0.1) is 6.61 Å². The molecule has 5 heteroatoms. The van der Waals surface area contributed by atoms with Crippen LogP contribution in [0, 0.1) is 0 Å². The molecule has 0 saturated carbocycles. The SMILES string of the molecule is CC/C=C\C/C=C\C/C=C\C/C=C\C/C=C\CCCCCC(=O)O[C@H](COCCCCCCCCCCCCCCCCCC)COC(=O)CCCCCCCCCCCCCCCCCCC. The van der Waals surface area contributed by atoms with Crippen LogP contribution in [0.2, 0.25) is 0 Å². The highest BCUT2D eigenvalue weighted by Gasteiger charge is 2.17. The van der Waals surface area contributed by atoms with E-state index in [2.05, 4.69) is 81.5 Å². The smallest absolute Gasteiger partial charge is 0.306 e. The number of rotatable bonds is 55. The summed E-state index contributed by atoms with van der Waals surface area (Å²) in [7, 11) is 0. The van der Waals surface area contributed by atoms with Crippen molar-refractivity contribution < 1.29 is 23.8 Å². The van der Waals surface area contributed by atoms with Gasteiger partial charge in [0.15, 0.2) is 6.10 Å². The Kier molecular flexibility index (Phi) is 56.8. The molecule has 0 heterocycles. The van der Waals surface area contributed by atoms with Crippen molar-refractivity contribution in [3.05, 3.63) is 60.8 Å². The highest BCUT2D eigenvalue weighted by molar-refractivity contribution is 5.70. The van der Waals surface area contributed by atoms with E-state index in [0.29, 0.717) is 19.4 Å². The molecule has 0 bridgehead atoms. The molecule has 0 aromatic rings. The number of hydrogen-bond acceptors (Lipinski definition) is 5. The van der Waals surface area contributed by atoms with Gasteiger partial charge in [-0.1, -0.05) is 287 Å². The summed E-state index contributed by atoms with van der Waals surface area (Å²) >= 11 is 0. The van der Waals surface area contributed by atoms with Crippen molar-refractivity contribution in [2.45, 2.75) is 309 Å². The van der Waals surface area contributed by atoms with Crippen molar-refractivity contribution in [1.29, 1.82) is 0 Å². The van der Waals surface area contributed by atoms with E-state index in [1.807, 2.05) is 0 Å². The minimum Gasteiger partial charge on any atom is -0.462 e. The molecule has 0 fully saturated rings. The standard InChI is InChI=1S/C63H114O5/c1-4-7-10-13-16-19-22-25-28-31-32-34-36-39-42-45-48-51-54-57-63(65)68-61(59-66-58-55-52-49-46-43-40-37-30-27-24-21-18-15-12-9-6-3)60-67-62(64)56-53-50-47-44-41-38-35-33-29-26-23-20-17-14-11-8-5-2/h7,10,16,19,25,28,32,34,39,42,61H,4-6,8-9,11-15,17-18,20-24,26-27,29-31,33,35-38,40-41,43-60H2,1-3H3/b10-7-,19-16-,28-25-,34-32-,42-39-/t61-/m1/s1. The van der Waals surface area contributed by atoms with Crippen molar-refractivity contribution in [1.82, 2.24) is 0 Å². The molecular formula is C63H114O5. The summed E-state index contributed by atoms with van der Waals surface area (Å²) in [6, 6.07) is 0. The molecule has 0 radical (unpaired) electrons. The average molecular weight is 952 g/mol. The molecule has 0 rings (SSSR count). The van der Waals surface area contributed by atoms with Crippen LogP contribution in [-0.4, -0.2) is 37.9 Å². The number of carbonyl (C=O) groups excluding carboxylic acids is 2. The summed E-state index contributed by atoms with van der Waals surface area (Å²) in [5.41, 5.74) is 0. The molecule has 0 saturated heterocycles. The number of hydrogen-bond donors (Lipinski definition) is 0. The summed E-state index contributed by atoms with van der Waals surface area (Å²) in [4.78, 5) is 25.5. The van der Waals surface area contributed by atoms with Crippen molar-refractivity contribution >= 4 is 11.9 Å². The van der Waals surface area contributed by atoms with E-state index in [1.54, 1.807) is 0 Å². The zero-order valence-electron chi connectivity index (χ0n) is 45.6. The van der Waals surface area contributed by atoms with Gasteiger partial charge >= 0.3 is 11.9 Å². The number of carbonyl (C=O) groups is 2. The molecule has 0 N–H and O–H groups in total. The monoisotopic (exact) mass is 951 g/mol. The van der Waals surface area contributed by atoms with Crippen LogP contribution < -0.4 is 0 Å². The first-order chi connectivity index (χ1) is 33.6. The Morgan fingerprint density at radius 2 is 0.662 bits per heavy atom. The number of allylic oxidation sites excluding steroid dienone is 10. The third-order valence-electron chi connectivity index (χ3n) is 13.1. The normalized spacial score (nSPS) is 12.6. The van der Waals surface area contributed by atoms with Gasteiger partial charge in [-0.25, -0.2) is 0 Å². The zero-order valence-corrected chi connectivity index (χ0v) is 45.6. The Morgan fingerprint density at radius 3 is 1.06 bits per heavy atom. The van der Waals surface area contributed by atoms with Gasteiger partial charge in [-0.3, -0.25) is 9.59 Å². The third-order valence-corrected chi connectivity index (χ3v) is 13.1. The highest BCUT2D eigenvalue weighted by Crippen LogP contribution is 2.17. The van der Waals surface area contributed by atoms with Crippen LogP contribution in [0.5, 0.6) is 0 Å². The van der Waals surface area contributed by atoms with Crippen LogP contribution in [0.15, 0.2) is 60.8 Å². The maximum Gasteiger partial charge on any atom is 0.306 e. The van der Waals surface area contributed by atoms with Crippen LogP contribution in [0.25, 0.3) is 0 Å². The fourth-order valence-electron chi connectivity index (χ4n) is 8.66. The van der Waals surface area contributed by atoms with E-state index in [4.69, 9.17) is 14.2 Å². The van der Waals surface area contributed by atoms with Crippen LogP contribution >= 0.6 is 0 Å². The topological polar surface area (TPSA) is 61.8 Å². The first-order valence-corrected chi connectivity index (χ1v) is 29.8. The largest absolute Gasteiger partial charge is 0.462 e. The minimum absolute atomic E-state index is 0.0760. The lowest BCUT2D eigenvalue weighted by molar-refractivity contribution is -0.163. The first kappa shape index (κ1) is 65.6. The Bertz CT molecular complexity index is 1170. The van der Waals surface area contributed by atoms with Gasteiger partial charge in [0, 0.05) is 19.4 Å². The van der Waals surface area contributed by atoms with Crippen LogP contribution in [0.4, 0.5) is 0 Å². The van der Waals surface area contributed by atoms with E-state index in [1.165, 1.54) is 186 Å². The molecule has 0 spiro atoms. The molecule has 0 aliphatic carbocycles. The molecule has 0 aromatic heterocycles. The fraction of sp³-hybridized carbons (Fsp3) is 0.810. The van der Waals surface area contributed by atoms with Crippen LogP contribution in [-0.2, 0) is 23.8 Å². The quantitative estimate of drug-likeness (QED) is 0.0345. The summed E-state index contributed by atoms with van der Waals surface area (Å²) in [5, 5.41) is 0. The number of ether oxygens (including phenoxy) is 3. The maximum atomic E-state index is 12.9. The van der Waals surface area contributed by atoms with E-state index < -0.39 is 6.10 Å². The van der Waals surface area contributed by atoms with Gasteiger partial charge in [-0.05, 0) is 64.2 Å². The first-order valence-electron chi connectivity index (χ1n) is 29.8. The second kappa shape index (κ2) is 58.9. The lowest BCUT2D eigenvalue weighted by Crippen LogP contribution is -2.30. The average Bonchev–Trinajstić information content (AvgIpc) is 3.34. The van der Waals surface area contributed by atoms with Gasteiger partial charge in [-0.15, -0.1) is 0 Å². The molecule has 0 aliphatic rings. The lowest BCUT2D eigenvalue weighted by atomic mass is 10.0. The summed E-state index contributed by atoms with van der Waals surface area (Å²) < 4.78 is 17.5. The molecular weight excluding hydrogens is 837 g/mol. The van der Waals surface area contributed by atoms with Crippen molar-refractivity contribution in [3.8, 4) is 0 Å². The molecule has 0 unspecified atom stereocenters. The molecule has 5 nitrogen and oxygen atoms in total. The molecule has 0 aliphatic heterocycles. The molecule has 0 aromatic carbocycles. The van der Waals surface area contributed by atoms with Crippen molar-refractivity contribution in [2.75, 3.05) is 19.8 Å². The molecule has 68 heavy (non-hydrogen) atoms. The summed E-state index contributed by atoms with van der Waals surface area (Å²) in [6.45, 7) is 7.74. The van der Waals surface area contributed by atoms with E-state index in [9.17, 15) is 9.59 Å². The Balaban J connectivity index is 4.31. The summed E-state index contributed by atoms with van der Waals surface area (Å²) in [5.74, 6) is -0.417. The molecule has 396 valence electrons. The number of esters is 2. The Labute approximate surface area is 424 Å². The van der Waals surface area contributed by atoms with Gasteiger partial charge in [0.2, 0.25) is 0 Å². The van der Waals surface area contributed by atoms with E-state index in [0.717, 1.165) is 83.5 Å². The predicted molar refractivity (Wildman–Crippen MR) is 298 cm³/mol. The van der Waals surface area contributed by atoms with Gasteiger partial charge in [-0.2, -0.15) is 0 Å². The van der Waals surface area contributed by atoms with Gasteiger partial charge in [0.25, 0.3) is 0 Å². The minimum atomic E-state index is -0.552. The van der Waals surface area contributed by atoms with Gasteiger partial charge in [0.1, 0.15) is 6.61 Å². The zero-order chi connectivity index (χ0) is 49.2. The van der Waals surface area contributed by atoms with Gasteiger partial charge < -0.3 is 14.2 Å². The Morgan fingerprint density at radius 1 is 0.338 bits per heavy atom. The fourth-order valence-corrected chi connectivity index (χ4v) is 8.66. The third kappa shape index (κ3) is 56.2. The second-order valence-electron chi connectivity index (χ2n) is 19.9. The summed E-state index contributed by atoms with van der Waals surface area (Å²) in [6.07, 6.45) is 75.3. The predicted octanol–water partition coefficient (Wildman–Crippen LogP) is 20.5. The highest BCUT2D eigenvalue weighted by atomic mass is 16.6. The van der Waals surface area contributed by atoms with Crippen molar-refractivity contribution in [3.63, 3.8) is 0 Å². The van der Waals surface area contributed by atoms with E-state index >= 15 is 0 Å². The molecule has 0 amide bonds. The van der Waals surface area contributed by atoms with Crippen molar-refractivity contribution in [2.24, 2.45) is 0 Å². The Hall–Kier alpha value is -2.40. The number of unbranched alkanes of at least 4 members (excludes halogenated alkanes) is 34. The maximum absolute atomic E-state index is 12.9.